The molecule has 4 heteroatoms. The molecule has 1 aromatic rings. The van der Waals surface area contributed by atoms with Crippen LogP contribution >= 0.6 is 0 Å². The van der Waals surface area contributed by atoms with E-state index in [0.717, 1.165) is 25.9 Å². The molecule has 0 amide bonds. The summed E-state index contributed by atoms with van der Waals surface area (Å²) in [4.78, 5) is 11.8. The van der Waals surface area contributed by atoms with E-state index in [1.54, 1.807) is 18.2 Å². The van der Waals surface area contributed by atoms with Crippen LogP contribution in [0.25, 0.3) is 0 Å². The summed E-state index contributed by atoms with van der Waals surface area (Å²) in [6.07, 6.45) is 1.95. The predicted octanol–water partition coefficient (Wildman–Crippen LogP) is 2.63. The summed E-state index contributed by atoms with van der Waals surface area (Å²) in [5, 5.41) is 3.26. The van der Waals surface area contributed by atoms with Gasteiger partial charge >= 0.3 is 5.97 Å². The fourth-order valence-electron chi connectivity index (χ4n) is 1.63. The van der Waals surface area contributed by atoms with Crippen LogP contribution in [0.15, 0.2) is 24.3 Å². The van der Waals surface area contributed by atoms with Gasteiger partial charge in [-0.15, -0.1) is 0 Å². The maximum absolute atomic E-state index is 11.8. The van der Waals surface area contributed by atoms with Crippen LogP contribution in [-0.4, -0.2) is 32.3 Å². The van der Waals surface area contributed by atoms with E-state index in [4.69, 9.17) is 9.47 Å². The van der Waals surface area contributed by atoms with Crippen molar-refractivity contribution in [3.8, 4) is 5.75 Å². The molecule has 0 aliphatic carbocycles. The largest absolute Gasteiger partial charge is 0.494 e. The van der Waals surface area contributed by atoms with Crippen LogP contribution in [0.2, 0.25) is 0 Å². The van der Waals surface area contributed by atoms with E-state index in [-0.39, 0.29) is 5.97 Å². The lowest BCUT2D eigenvalue weighted by atomic mass is 10.2. The number of benzene rings is 1. The molecule has 0 bridgehead atoms. The minimum Gasteiger partial charge on any atom is -0.494 e. The quantitative estimate of drug-likeness (QED) is 0.551. The van der Waals surface area contributed by atoms with E-state index >= 15 is 0 Å². The highest BCUT2D eigenvalue weighted by molar-refractivity contribution is 5.89. The molecule has 19 heavy (non-hydrogen) atoms. The molecule has 1 N–H and O–H groups in total. The van der Waals surface area contributed by atoms with Crippen molar-refractivity contribution < 1.29 is 14.3 Å². The number of carbonyl (C=O) groups is 1. The monoisotopic (exact) mass is 265 g/mol. The molecule has 0 atom stereocenters. The molecule has 0 saturated carbocycles. The first-order valence-electron chi connectivity index (χ1n) is 6.88. The first-order valence-corrected chi connectivity index (χ1v) is 6.88. The zero-order valence-electron chi connectivity index (χ0n) is 11.8. The van der Waals surface area contributed by atoms with E-state index in [9.17, 15) is 4.79 Å². The molecule has 0 saturated heterocycles. The van der Waals surface area contributed by atoms with Gasteiger partial charge in [0.05, 0.1) is 18.8 Å². The highest BCUT2D eigenvalue weighted by Gasteiger charge is 2.07. The molecule has 0 spiro atoms. The second-order valence-corrected chi connectivity index (χ2v) is 4.20. The van der Waals surface area contributed by atoms with Crippen LogP contribution in [-0.2, 0) is 4.74 Å². The first kappa shape index (κ1) is 15.5. The van der Waals surface area contributed by atoms with Crippen molar-refractivity contribution in [2.75, 3.05) is 26.3 Å². The van der Waals surface area contributed by atoms with Gasteiger partial charge in [-0.2, -0.15) is 0 Å². The van der Waals surface area contributed by atoms with Gasteiger partial charge in [0.25, 0.3) is 0 Å². The number of esters is 1. The normalized spacial score (nSPS) is 10.2. The molecule has 0 aliphatic heterocycles. The maximum atomic E-state index is 11.8. The standard InChI is InChI=1S/C15H23NO3/c1-3-9-16-10-6-11-19-15(17)13-7-5-8-14(12-13)18-4-2/h5,7-8,12,16H,3-4,6,9-11H2,1-2H3. The third-order valence-corrected chi connectivity index (χ3v) is 2.54. The van der Waals surface area contributed by atoms with Gasteiger partial charge in [0.2, 0.25) is 0 Å². The van der Waals surface area contributed by atoms with Crippen molar-refractivity contribution in [2.45, 2.75) is 26.7 Å². The average molecular weight is 265 g/mol. The van der Waals surface area contributed by atoms with Gasteiger partial charge in [-0.3, -0.25) is 0 Å². The number of carbonyl (C=O) groups excluding carboxylic acids is 1. The molecule has 1 rings (SSSR count). The lowest BCUT2D eigenvalue weighted by Gasteiger charge is -2.07. The van der Waals surface area contributed by atoms with Crippen LogP contribution in [0.5, 0.6) is 5.75 Å². The number of hydrogen-bond donors (Lipinski definition) is 1. The first-order chi connectivity index (χ1) is 9.27. The van der Waals surface area contributed by atoms with Gasteiger partial charge in [0.1, 0.15) is 5.75 Å². The molecule has 0 unspecified atom stereocenters. The summed E-state index contributed by atoms with van der Waals surface area (Å²) in [5.41, 5.74) is 0.535. The molecule has 106 valence electrons. The van der Waals surface area contributed by atoms with Crippen molar-refractivity contribution in [3.63, 3.8) is 0 Å². The van der Waals surface area contributed by atoms with Crippen LogP contribution in [0.1, 0.15) is 37.0 Å². The molecular formula is C15H23NO3. The van der Waals surface area contributed by atoms with E-state index in [1.165, 1.54) is 0 Å². The zero-order valence-corrected chi connectivity index (χ0v) is 11.8. The second kappa shape index (κ2) is 9.39. The molecule has 0 heterocycles. The summed E-state index contributed by atoms with van der Waals surface area (Å²) in [7, 11) is 0. The van der Waals surface area contributed by atoms with Gasteiger partial charge in [-0.25, -0.2) is 4.79 Å². The zero-order chi connectivity index (χ0) is 13.9. The number of ether oxygens (including phenoxy) is 2. The van der Waals surface area contributed by atoms with E-state index in [1.807, 2.05) is 13.0 Å². The molecular weight excluding hydrogens is 242 g/mol. The second-order valence-electron chi connectivity index (χ2n) is 4.20. The van der Waals surface area contributed by atoms with E-state index < -0.39 is 0 Å². The maximum Gasteiger partial charge on any atom is 0.338 e. The Morgan fingerprint density at radius 1 is 1.26 bits per heavy atom. The van der Waals surface area contributed by atoms with Crippen molar-refractivity contribution in [1.29, 1.82) is 0 Å². The fourth-order valence-corrected chi connectivity index (χ4v) is 1.63. The molecule has 0 fully saturated rings. The van der Waals surface area contributed by atoms with E-state index in [2.05, 4.69) is 12.2 Å². The van der Waals surface area contributed by atoms with Crippen LogP contribution in [0.3, 0.4) is 0 Å². The molecule has 0 aromatic heterocycles. The molecule has 4 nitrogen and oxygen atoms in total. The van der Waals surface area contributed by atoms with Crippen LogP contribution in [0, 0.1) is 0 Å². The van der Waals surface area contributed by atoms with Gasteiger partial charge in [0, 0.05) is 0 Å². The highest BCUT2D eigenvalue weighted by Crippen LogP contribution is 2.14. The van der Waals surface area contributed by atoms with E-state index in [0.29, 0.717) is 24.5 Å². The number of rotatable bonds is 9. The van der Waals surface area contributed by atoms with Gasteiger partial charge in [0.15, 0.2) is 0 Å². The molecule has 1 aromatic carbocycles. The number of hydrogen-bond acceptors (Lipinski definition) is 4. The highest BCUT2D eigenvalue weighted by atomic mass is 16.5. The Morgan fingerprint density at radius 3 is 2.84 bits per heavy atom. The average Bonchev–Trinajstić information content (AvgIpc) is 2.43. The Kier molecular flexibility index (Phi) is 7.66. The minimum absolute atomic E-state index is 0.294. The number of nitrogens with one attached hydrogen (secondary N) is 1. The summed E-state index contributed by atoms with van der Waals surface area (Å²) >= 11 is 0. The summed E-state index contributed by atoms with van der Waals surface area (Å²) in [6.45, 7) is 6.94. The lowest BCUT2D eigenvalue weighted by molar-refractivity contribution is 0.0500. The van der Waals surface area contributed by atoms with Crippen molar-refractivity contribution in [2.24, 2.45) is 0 Å². The Morgan fingerprint density at radius 2 is 2.11 bits per heavy atom. The smallest absolute Gasteiger partial charge is 0.338 e. The Hall–Kier alpha value is -1.55. The van der Waals surface area contributed by atoms with Crippen LogP contribution in [0.4, 0.5) is 0 Å². The third kappa shape index (κ3) is 6.25. The van der Waals surface area contributed by atoms with Gasteiger partial charge < -0.3 is 14.8 Å². The molecule has 0 radical (unpaired) electrons. The molecule has 0 aliphatic rings. The van der Waals surface area contributed by atoms with Crippen molar-refractivity contribution >= 4 is 5.97 Å². The summed E-state index contributed by atoms with van der Waals surface area (Å²) in [6, 6.07) is 7.07. The lowest BCUT2D eigenvalue weighted by Crippen LogP contribution is -2.18. The summed E-state index contributed by atoms with van der Waals surface area (Å²) < 4.78 is 10.6. The SMILES string of the molecule is CCCNCCCOC(=O)c1cccc(OCC)c1. The third-order valence-electron chi connectivity index (χ3n) is 2.54. The van der Waals surface area contributed by atoms with Gasteiger partial charge in [-0.1, -0.05) is 13.0 Å². The van der Waals surface area contributed by atoms with Crippen molar-refractivity contribution in [3.05, 3.63) is 29.8 Å². The Balaban J connectivity index is 2.30. The fraction of sp³-hybridized carbons (Fsp3) is 0.533. The van der Waals surface area contributed by atoms with Crippen LogP contribution < -0.4 is 10.1 Å². The van der Waals surface area contributed by atoms with Gasteiger partial charge in [-0.05, 0) is 51.1 Å². The predicted molar refractivity (Wildman–Crippen MR) is 75.7 cm³/mol. The van der Waals surface area contributed by atoms with Crippen molar-refractivity contribution in [1.82, 2.24) is 5.32 Å². The Labute approximate surface area is 115 Å². The minimum atomic E-state index is -0.294. The summed E-state index contributed by atoms with van der Waals surface area (Å²) in [5.74, 6) is 0.401. The Bertz CT molecular complexity index is 379. The topological polar surface area (TPSA) is 47.6 Å².